The predicted molar refractivity (Wildman–Crippen MR) is 163 cm³/mol. The van der Waals surface area contributed by atoms with Crippen LogP contribution < -0.4 is 4.74 Å². The number of aromatic nitrogens is 6. The van der Waals surface area contributed by atoms with E-state index in [4.69, 9.17) is 79.1 Å². The monoisotopic (exact) mass is 660 g/mol. The fourth-order valence-electron chi connectivity index (χ4n) is 2.52. The first-order chi connectivity index (χ1) is 19.0. The van der Waals surface area contributed by atoms with Crippen molar-refractivity contribution in [2.45, 2.75) is 7.59 Å². The molecule has 4 rings (SSSR count). The Hall–Kier alpha value is -2.72. The third-order valence-electron chi connectivity index (χ3n) is 4.30. The molecule has 2 heterocycles. The van der Waals surface area contributed by atoms with E-state index < -0.39 is 7.59 Å². The molecule has 2 aromatic heterocycles. The summed E-state index contributed by atoms with van der Waals surface area (Å²) in [6.45, 7) is 0. The summed E-state index contributed by atoms with van der Waals surface area (Å²) in [5.41, 5.74) is 2.03. The van der Waals surface area contributed by atoms with Crippen molar-refractivity contribution in [3.05, 3.63) is 108 Å². The van der Waals surface area contributed by atoms with Gasteiger partial charge in [0.15, 0.2) is 17.5 Å². The van der Waals surface area contributed by atoms with Crippen molar-refractivity contribution in [3.63, 3.8) is 0 Å². The summed E-state index contributed by atoms with van der Waals surface area (Å²) < 4.78 is 6.10. The van der Waals surface area contributed by atoms with Crippen LogP contribution in [0.5, 0.6) is 5.75 Å². The van der Waals surface area contributed by atoms with E-state index in [1.807, 2.05) is 60.7 Å². The van der Waals surface area contributed by atoms with Gasteiger partial charge >= 0.3 is 0 Å². The molecule has 0 N–H and O–H groups in total. The van der Waals surface area contributed by atoms with Crippen LogP contribution in [-0.2, 0) is 12.3 Å². The predicted octanol–water partition coefficient (Wildman–Crippen LogP) is 7.88. The smallest absolute Gasteiger partial charge is 0.250 e. The second kappa shape index (κ2) is 17.2. The van der Waals surface area contributed by atoms with E-state index in [0.29, 0.717) is 0 Å². The molecule has 14 heteroatoms. The standard InChI is InChI=1S/C14H9Cl6N3O.C9H10O.C3H3N3/c1-24-9-5-2-8(3-6-9)4-7-10-21-11(13(15,16)17)23-12(22-10)14(18,19)20;1-10-8-7-9-5-3-2-4-6-9;1-4-2-6-3-5-1/h2-7H,1H3;2-8H,1H3;1-3H. The fraction of sp³-hybridized carbons (Fsp3) is 0.154. The first kappa shape index (κ1) is 33.5. The van der Waals surface area contributed by atoms with Crippen LogP contribution in [0.25, 0.3) is 18.2 Å². The lowest BCUT2D eigenvalue weighted by Gasteiger charge is -2.14. The summed E-state index contributed by atoms with van der Waals surface area (Å²) in [5, 5.41) is 0. The largest absolute Gasteiger partial charge is 0.504 e. The second-order valence-corrected chi connectivity index (χ2v) is 11.7. The SMILES string of the molecule is COC=Cc1ccccc1.COc1ccc(C=Cc2nc(C(Cl)(Cl)Cl)nc(C(Cl)(Cl)Cl)n2)cc1.c1ncncn1. The molecule has 0 saturated heterocycles. The minimum atomic E-state index is -1.88. The van der Waals surface area contributed by atoms with Gasteiger partial charge in [-0.1, -0.05) is 118 Å². The quantitative estimate of drug-likeness (QED) is 0.157. The molecule has 40 heavy (non-hydrogen) atoms. The van der Waals surface area contributed by atoms with Crippen molar-refractivity contribution in [1.29, 1.82) is 0 Å². The maximum atomic E-state index is 5.81. The van der Waals surface area contributed by atoms with E-state index in [0.717, 1.165) is 16.9 Å². The van der Waals surface area contributed by atoms with Gasteiger partial charge in [0.1, 0.15) is 24.7 Å². The number of hydrogen-bond donors (Lipinski definition) is 0. The third-order valence-corrected chi connectivity index (χ3v) is 5.31. The number of nitrogens with zero attached hydrogens (tertiary/aromatic N) is 6. The molecule has 4 aromatic rings. The van der Waals surface area contributed by atoms with Gasteiger partial charge in [-0.3, -0.25) is 0 Å². The summed E-state index contributed by atoms with van der Waals surface area (Å²) in [6, 6.07) is 17.4. The Morgan fingerprint density at radius 1 is 0.600 bits per heavy atom. The lowest BCUT2D eigenvalue weighted by molar-refractivity contribution is 0.341. The zero-order valence-corrected chi connectivity index (χ0v) is 25.5. The Bertz CT molecular complexity index is 1280. The summed E-state index contributed by atoms with van der Waals surface area (Å²) in [4.78, 5) is 22.7. The molecule has 8 nitrogen and oxygen atoms in total. The zero-order chi connectivity index (χ0) is 29.4. The molecule has 0 radical (unpaired) electrons. The van der Waals surface area contributed by atoms with E-state index in [1.165, 1.54) is 19.0 Å². The molecule has 0 fully saturated rings. The lowest BCUT2D eigenvalue weighted by atomic mass is 10.2. The van der Waals surface area contributed by atoms with Crippen LogP contribution in [0.15, 0.2) is 79.8 Å². The highest BCUT2D eigenvalue weighted by atomic mass is 35.6. The van der Waals surface area contributed by atoms with Crippen molar-refractivity contribution in [2.75, 3.05) is 14.2 Å². The van der Waals surface area contributed by atoms with Crippen molar-refractivity contribution in [1.82, 2.24) is 29.9 Å². The maximum Gasteiger partial charge on any atom is 0.250 e. The second-order valence-electron chi connectivity index (χ2n) is 7.19. The Kier molecular flexibility index (Phi) is 14.4. The van der Waals surface area contributed by atoms with Gasteiger partial charge in [0.05, 0.1) is 20.5 Å². The maximum absolute atomic E-state index is 5.81. The number of alkyl halides is 6. The van der Waals surface area contributed by atoms with E-state index in [-0.39, 0.29) is 17.5 Å². The molecule has 0 amide bonds. The highest BCUT2D eigenvalue weighted by Gasteiger charge is 2.33. The number of hydrogen-bond acceptors (Lipinski definition) is 8. The first-order valence-electron chi connectivity index (χ1n) is 11.0. The van der Waals surface area contributed by atoms with Gasteiger partial charge in [-0.25, -0.2) is 29.9 Å². The van der Waals surface area contributed by atoms with Crippen molar-refractivity contribution in [3.8, 4) is 5.75 Å². The highest BCUT2D eigenvalue weighted by molar-refractivity contribution is 6.67. The molecule has 0 atom stereocenters. The van der Waals surface area contributed by atoms with Crippen LogP contribution in [0.1, 0.15) is 28.6 Å². The third kappa shape index (κ3) is 13.1. The van der Waals surface area contributed by atoms with Gasteiger partial charge in [0.25, 0.3) is 0 Å². The summed E-state index contributed by atoms with van der Waals surface area (Å²) in [5.74, 6) is 0.643. The molecule has 0 unspecified atom stereocenters. The Morgan fingerprint density at radius 2 is 1.10 bits per heavy atom. The van der Waals surface area contributed by atoms with Gasteiger partial charge in [-0.2, -0.15) is 0 Å². The first-order valence-corrected chi connectivity index (χ1v) is 13.3. The lowest BCUT2D eigenvalue weighted by Crippen LogP contribution is -2.16. The van der Waals surface area contributed by atoms with Gasteiger partial charge in [0, 0.05) is 0 Å². The van der Waals surface area contributed by atoms with Crippen molar-refractivity contribution < 1.29 is 9.47 Å². The average Bonchev–Trinajstić information content (AvgIpc) is 2.96. The van der Waals surface area contributed by atoms with Crippen LogP contribution in [0.3, 0.4) is 0 Å². The number of benzene rings is 2. The van der Waals surface area contributed by atoms with Crippen LogP contribution >= 0.6 is 69.6 Å². The van der Waals surface area contributed by atoms with E-state index in [1.54, 1.807) is 32.6 Å². The number of halogens is 6. The van der Waals surface area contributed by atoms with Crippen LogP contribution in [-0.4, -0.2) is 44.1 Å². The molecule has 0 aliphatic rings. The zero-order valence-electron chi connectivity index (χ0n) is 21.0. The van der Waals surface area contributed by atoms with Crippen molar-refractivity contribution in [2.24, 2.45) is 0 Å². The number of rotatable bonds is 5. The van der Waals surface area contributed by atoms with Gasteiger partial charge in [0.2, 0.25) is 7.59 Å². The minimum absolute atomic E-state index is 0.141. The van der Waals surface area contributed by atoms with Crippen molar-refractivity contribution >= 4 is 87.8 Å². The molecule has 0 saturated carbocycles. The molecule has 0 bridgehead atoms. The minimum Gasteiger partial charge on any atom is -0.504 e. The van der Waals surface area contributed by atoms with Gasteiger partial charge < -0.3 is 9.47 Å². The van der Waals surface area contributed by atoms with Gasteiger partial charge in [-0.05, 0) is 35.4 Å². The molecular weight excluding hydrogens is 641 g/mol. The summed E-state index contributed by atoms with van der Waals surface area (Å²) in [6.07, 6.45) is 11.2. The topological polar surface area (TPSA) is 95.8 Å². The molecule has 0 aliphatic carbocycles. The Labute approximate surface area is 262 Å². The number of methoxy groups -OCH3 is 2. The van der Waals surface area contributed by atoms with Crippen LogP contribution in [0.4, 0.5) is 0 Å². The molecule has 0 aliphatic heterocycles. The fourth-order valence-corrected chi connectivity index (χ4v) is 3.03. The molecule has 2 aromatic carbocycles. The Morgan fingerprint density at radius 3 is 1.52 bits per heavy atom. The van der Waals surface area contributed by atoms with Gasteiger partial charge in [-0.15, -0.1) is 0 Å². The summed E-state index contributed by atoms with van der Waals surface area (Å²) >= 11 is 34.9. The van der Waals surface area contributed by atoms with E-state index >= 15 is 0 Å². The summed E-state index contributed by atoms with van der Waals surface area (Å²) in [7, 11) is 3.23. The Balaban J connectivity index is 0.000000283. The molecule has 210 valence electrons. The number of ether oxygens (including phenoxy) is 2. The average molecular weight is 663 g/mol. The van der Waals surface area contributed by atoms with Crippen LogP contribution in [0.2, 0.25) is 0 Å². The van der Waals surface area contributed by atoms with E-state index in [9.17, 15) is 0 Å². The normalized spacial score (nSPS) is 11.3. The molecular formula is C26H22Cl6N6O2. The van der Waals surface area contributed by atoms with E-state index in [2.05, 4.69) is 29.9 Å². The van der Waals surface area contributed by atoms with Crippen LogP contribution in [0, 0.1) is 0 Å². The highest BCUT2D eigenvalue weighted by Crippen LogP contribution is 2.40. The molecule has 0 spiro atoms.